The number of rotatable bonds is 1. The molecule has 20 heavy (non-hydrogen) atoms. The van der Waals surface area contributed by atoms with E-state index < -0.39 is 0 Å². The van der Waals surface area contributed by atoms with Crippen LogP contribution in [0.25, 0.3) is 15.9 Å². The molecule has 0 unspecified atom stereocenters. The summed E-state index contributed by atoms with van der Waals surface area (Å²) in [5.74, 6) is 1.01. The van der Waals surface area contributed by atoms with Gasteiger partial charge in [0.15, 0.2) is 5.65 Å². The molecule has 104 valence electrons. The van der Waals surface area contributed by atoms with Crippen molar-refractivity contribution in [2.24, 2.45) is 0 Å². The van der Waals surface area contributed by atoms with E-state index >= 15 is 0 Å². The molecule has 6 heteroatoms. The van der Waals surface area contributed by atoms with Crippen molar-refractivity contribution in [2.45, 2.75) is 45.8 Å². The molecule has 3 aromatic heterocycles. The normalized spacial score (nSPS) is 17.8. The Morgan fingerprint density at radius 3 is 3.10 bits per heavy atom. The first-order chi connectivity index (χ1) is 9.59. The molecule has 1 aliphatic rings. The van der Waals surface area contributed by atoms with Crippen LogP contribution in [0.2, 0.25) is 0 Å². The monoisotopic (exact) mass is 288 g/mol. The van der Waals surface area contributed by atoms with E-state index in [1.54, 1.807) is 17.7 Å². The number of hydrogen-bond donors (Lipinski definition) is 0. The van der Waals surface area contributed by atoms with Crippen LogP contribution in [0.4, 0.5) is 0 Å². The molecule has 0 atom stereocenters. The molecule has 4 rings (SSSR count). The van der Waals surface area contributed by atoms with Gasteiger partial charge in [-0.2, -0.15) is 0 Å². The third-order valence-electron chi connectivity index (χ3n) is 3.86. The molecule has 0 saturated heterocycles. The lowest BCUT2D eigenvalue weighted by atomic mass is 9.94. The van der Waals surface area contributed by atoms with E-state index in [0.29, 0.717) is 6.61 Å². The van der Waals surface area contributed by atoms with E-state index in [0.717, 1.165) is 34.5 Å². The Labute approximate surface area is 120 Å². The molecule has 0 N–H and O–H groups in total. The Morgan fingerprint density at radius 2 is 2.30 bits per heavy atom. The quantitative estimate of drug-likeness (QED) is 0.691. The predicted octanol–water partition coefficient (Wildman–Crippen LogP) is 2.75. The molecular weight excluding hydrogens is 272 g/mol. The Kier molecular flexibility index (Phi) is 2.44. The number of hydrogen-bond acceptors (Lipinski definition) is 5. The minimum atomic E-state index is -0.124. The van der Waals surface area contributed by atoms with Crippen molar-refractivity contribution in [3.8, 4) is 0 Å². The van der Waals surface area contributed by atoms with Gasteiger partial charge < -0.3 is 4.74 Å². The summed E-state index contributed by atoms with van der Waals surface area (Å²) in [7, 11) is 0. The average Bonchev–Trinajstić information content (AvgIpc) is 2.99. The van der Waals surface area contributed by atoms with E-state index in [-0.39, 0.29) is 5.60 Å². The Hall–Kier alpha value is -1.53. The van der Waals surface area contributed by atoms with Crippen molar-refractivity contribution >= 4 is 27.2 Å². The molecule has 0 amide bonds. The lowest BCUT2D eigenvalue weighted by Crippen LogP contribution is -2.31. The molecule has 0 aromatic carbocycles. The van der Waals surface area contributed by atoms with Gasteiger partial charge in [-0.1, -0.05) is 6.92 Å². The van der Waals surface area contributed by atoms with Gasteiger partial charge in [-0.25, -0.2) is 4.98 Å². The molecule has 0 spiro atoms. The zero-order valence-electron chi connectivity index (χ0n) is 11.8. The fourth-order valence-electron chi connectivity index (χ4n) is 2.86. The molecule has 4 heterocycles. The lowest BCUT2D eigenvalue weighted by Gasteiger charge is -2.30. The Balaban J connectivity index is 2.09. The lowest BCUT2D eigenvalue weighted by molar-refractivity contribution is -0.0379. The van der Waals surface area contributed by atoms with Crippen LogP contribution < -0.4 is 0 Å². The molecule has 0 saturated carbocycles. The molecule has 0 radical (unpaired) electrons. The van der Waals surface area contributed by atoms with Gasteiger partial charge >= 0.3 is 0 Å². The highest BCUT2D eigenvalue weighted by molar-refractivity contribution is 7.19. The van der Waals surface area contributed by atoms with Crippen LogP contribution in [0.15, 0.2) is 6.33 Å². The number of thiophene rings is 1. The van der Waals surface area contributed by atoms with Crippen LogP contribution >= 0.6 is 11.3 Å². The molecule has 0 fully saturated rings. The van der Waals surface area contributed by atoms with E-state index in [4.69, 9.17) is 9.72 Å². The third-order valence-corrected chi connectivity index (χ3v) is 4.96. The molecule has 0 bridgehead atoms. The topological polar surface area (TPSA) is 52.3 Å². The summed E-state index contributed by atoms with van der Waals surface area (Å²) in [5, 5.41) is 9.56. The second-order valence-corrected chi connectivity index (χ2v) is 6.90. The second kappa shape index (κ2) is 3.99. The highest BCUT2D eigenvalue weighted by Crippen LogP contribution is 2.39. The van der Waals surface area contributed by atoms with Crippen LogP contribution in [0, 0.1) is 0 Å². The number of ether oxygens (including phenoxy) is 1. The van der Waals surface area contributed by atoms with Crippen molar-refractivity contribution in [3.63, 3.8) is 0 Å². The Morgan fingerprint density at radius 1 is 1.45 bits per heavy atom. The second-order valence-electron chi connectivity index (χ2n) is 5.82. The third kappa shape index (κ3) is 1.61. The van der Waals surface area contributed by atoms with Crippen molar-refractivity contribution in [1.82, 2.24) is 19.6 Å². The fourth-order valence-corrected chi connectivity index (χ4v) is 3.98. The predicted molar refractivity (Wildman–Crippen MR) is 78.1 cm³/mol. The summed E-state index contributed by atoms with van der Waals surface area (Å²) >= 11 is 1.73. The summed E-state index contributed by atoms with van der Waals surface area (Å²) in [4.78, 5) is 7.14. The smallest absolute Gasteiger partial charge is 0.172 e. The summed E-state index contributed by atoms with van der Waals surface area (Å²) in [6, 6.07) is 0. The zero-order chi connectivity index (χ0) is 13.9. The summed E-state index contributed by atoms with van der Waals surface area (Å²) in [5.41, 5.74) is 2.15. The largest absolute Gasteiger partial charge is 0.370 e. The van der Waals surface area contributed by atoms with E-state index in [9.17, 15) is 0 Å². The Bertz CT molecular complexity index is 817. The minimum absolute atomic E-state index is 0.124. The van der Waals surface area contributed by atoms with Gasteiger partial charge in [0.2, 0.25) is 0 Å². The van der Waals surface area contributed by atoms with Crippen LogP contribution in [-0.4, -0.2) is 25.2 Å². The van der Waals surface area contributed by atoms with E-state index in [1.165, 1.54) is 10.4 Å². The van der Waals surface area contributed by atoms with E-state index in [2.05, 4.69) is 31.0 Å². The number of nitrogens with zero attached hydrogens (tertiary/aromatic N) is 4. The van der Waals surface area contributed by atoms with Gasteiger partial charge in [-0.3, -0.25) is 4.40 Å². The van der Waals surface area contributed by atoms with Crippen LogP contribution in [0.3, 0.4) is 0 Å². The maximum Gasteiger partial charge on any atom is 0.172 e. The standard InChI is InChI=1S/C14H16N4OS/c1-4-10-16-13-11(12-17-15-7-18(10)12)8-5-14(2,3)19-6-9(8)20-13/h7H,4-6H2,1-3H3. The van der Waals surface area contributed by atoms with Crippen molar-refractivity contribution < 1.29 is 4.74 Å². The summed E-state index contributed by atoms with van der Waals surface area (Å²) < 4.78 is 7.92. The van der Waals surface area contributed by atoms with E-state index in [1.807, 2.05) is 4.40 Å². The summed E-state index contributed by atoms with van der Waals surface area (Å²) in [6.07, 6.45) is 3.53. The molecule has 3 aromatic rings. The van der Waals surface area contributed by atoms with Gasteiger partial charge in [0.25, 0.3) is 0 Å². The number of aromatic nitrogens is 4. The average molecular weight is 288 g/mol. The van der Waals surface area contributed by atoms with Crippen LogP contribution in [-0.2, 0) is 24.2 Å². The van der Waals surface area contributed by atoms with Gasteiger partial charge in [0.05, 0.1) is 17.6 Å². The number of aryl methyl sites for hydroxylation is 1. The fraction of sp³-hybridized carbons (Fsp3) is 0.500. The highest BCUT2D eigenvalue weighted by Gasteiger charge is 2.30. The first-order valence-corrected chi connectivity index (χ1v) is 7.67. The number of fused-ring (bicyclic) bond motifs is 5. The highest BCUT2D eigenvalue weighted by atomic mass is 32.1. The maximum atomic E-state index is 5.91. The first-order valence-electron chi connectivity index (χ1n) is 6.86. The zero-order valence-corrected chi connectivity index (χ0v) is 12.6. The van der Waals surface area contributed by atoms with Gasteiger partial charge in [-0.15, -0.1) is 21.5 Å². The first kappa shape index (κ1) is 12.2. The summed E-state index contributed by atoms with van der Waals surface area (Å²) in [6.45, 7) is 7.04. The van der Waals surface area contributed by atoms with Crippen molar-refractivity contribution in [1.29, 1.82) is 0 Å². The minimum Gasteiger partial charge on any atom is -0.370 e. The molecule has 0 aliphatic carbocycles. The van der Waals surface area contributed by atoms with Crippen molar-refractivity contribution in [2.75, 3.05) is 0 Å². The van der Waals surface area contributed by atoms with Gasteiger partial charge in [-0.05, 0) is 19.4 Å². The molecule has 5 nitrogen and oxygen atoms in total. The van der Waals surface area contributed by atoms with Gasteiger partial charge in [0.1, 0.15) is 17.0 Å². The van der Waals surface area contributed by atoms with Crippen molar-refractivity contribution in [3.05, 3.63) is 22.6 Å². The van der Waals surface area contributed by atoms with Crippen LogP contribution in [0.5, 0.6) is 0 Å². The van der Waals surface area contributed by atoms with Gasteiger partial charge in [0, 0.05) is 17.7 Å². The maximum absolute atomic E-state index is 5.91. The van der Waals surface area contributed by atoms with Crippen LogP contribution in [0.1, 0.15) is 37.0 Å². The SMILES string of the molecule is CCc1nc2sc3c(c2c2nncn12)CC(C)(C)OC3. The molecule has 1 aliphatic heterocycles. The molecular formula is C14H16N4OS.